The molecule has 0 spiro atoms. The van der Waals surface area contributed by atoms with Crippen LogP contribution in [-0.2, 0) is 32.5 Å². The third-order valence-electron chi connectivity index (χ3n) is 7.37. The topological polar surface area (TPSA) is 47.5 Å². The van der Waals surface area contributed by atoms with Gasteiger partial charge in [0.1, 0.15) is 0 Å². The molecule has 3 aromatic carbocycles. The Kier molecular flexibility index (Phi) is 12.0. The number of nitrogens with zero attached hydrogens (tertiary/aromatic N) is 5. The summed E-state index contributed by atoms with van der Waals surface area (Å²) in [7, 11) is 0. The number of fused-ring (bicyclic) bond motifs is 2. The summed E-state index contributed by atoms with van der Waals surface area (Å²) in [5, 5.41) is 3.89. The molecule has 0 radical (unpaired) electrons. The van der Waals surface area contributed by atoms with Gasteiger partial charge in [0, 0.05) is 51.4 Å². The van der Waals surface area contributed by atoms with Crippen LogP contribution < -0.4 is 0 Å². The summed E-state index contributed by atoms with van der Waals surface area (Å²) in [4.78, 5) is 14.1. The molecule has 0 bridgehead atoms. The van der Waals surface area contributed by atoms with E-state index in [1.165, 1.54) is 34.8 Å². The van der Waals surface area contributed by atoms with E-state index in [0.717, 1.165) is 57.7 Å². The minimum absolute atomic E-state index is 0. The minimum Gasteiger partial charge on any atom is -0.305 e. The van der Waals surface area contributed by atoms with Gasteiger partial charge >= 0.3 is 32.5 Å². The van der Waals surface area contributed by atoms with E-state index in [2.05, 4.69) is 33.2 Å². The molecule has 8 rings (SSSR count). The molecule has 0 unspecified atom stereocenters. The molecule has 0 saturated heterocycles. The Bertz CT molecular complexity index is 2340. The van der Waals surface area contributed by atoms with Crippen molar-refractivity contribution in [2.75, 3.05) is 0 Å². The van der Waals surface area contributed by atoms with Crippen LogP contribution in [0.3, 0.4) is 0 Å². The number of imidazole rings is 2. The van der Waals surface area contributed by atoms with Crippen molar-refractivity contribution >= 4 is 32.6 Å². The van der Waals surface area contributed by atoms with Gasteiger partial charge in [-0.05, 0) is 49.1 Å². The van der Waals surface area contributed by atoms with E-state index >= 15 is 0 Å². The maximum atomic E-state index is 13.2. The Morgan fingerprint density at radius 3 is 1.58 bits per heavy atom. The fourth-order valence-electron chi connectivity index (χ4n) is 4.78. The van der Waals surface area contributed by atoms with Gasteiger partial charge < -0.3 is 13.8 Å². The molecule has 5 heterocycles. The molecule has 16 heteroatoms. The summed E-state index contributed by atoms with van der Waals surface area (Å²) >= 11 is 2.91. The van der Waals surface area contributed by atoms with Gasteiger partial charge in [0.15, 0.2) is 9.92 Å². The SMILES string of the molecule is Cc1csc2nc(-c3[c-]ccc(C(F)(F)F)c3)cn12.Cc1csc2nc(-c3[c-]ccc(C(F)(F)F)c3)cn12.Fc1c[c-]c(-c2ccccn2)c(F)c1.[Ir+3]. The largest absolute Gasteiger partial charge is 3.00 e. The standard InChI is InChI=1S/2C13H8F3N2S.C11H6F2N.Ir/c2*1-8-7-19-12-17-11(6-18(8)12)9-3-2-4-10(5-9)13(14,15)16;12-8-4-5-9(10(13)7-8)11-3-1-2-6-14-11;/h2*2,4-7H,1H3;1-4,6-7H;/q3*-1;+3. The fraction of sp³-hybridized carbons (Fsp3) is 0.108. The number of benzene rings is 3. The number of thiazole rings is 2. The normalized spacial score (nSPS) is 11.4. The zero-order valence-electron chi connectivity index (χ0n) is 27.1. The van der Waals surface area contributed by atoms with Crippen LogP contribution >= 0.6 is 22.7 Å². The van der Waals surface area contributed by atoms with Gasteiger partial charge in [-0.25, -0.2) is 0 Å². The van der Waals surface area contributed by atoms with Crippen molar-refractivity contribution in [2.24, 2.45) is 0 Å². The van der Waals surface area contributed by atoms with Crippen molar-refractivity contribution in [2.45, 2.75) is 26.2 Å². The van der Waals surface area contributed by atoms with Gasteiger partial charge in [-0.1, -0.05) is 23.8 Å². The Morgan fingerprint density at radius 1 is 0.660 bits per heavy atom. The first-order valence-electron chi connectivity index (χ1n) is 15.0. The van der Waals surface area contributed by atoms with Crippen molar-refractivity contribution in [3.8, 4) is 33.8 Å². The van der Waals surface area contributed by atoms with E-state index in [-0.39, 0.29) is 25.7 Å². The molecule has 0 aliphatic heterocycles. The van der Waals surface area contributed by atoms with Gasteiger partial charge in [0.25, 0.3) is 0 Å². The third kappa shape index (κ3) is 9.25. The number of rotatable bonds is 3. The van der Waals surface area contributed by atoms with E-state index in [1.807, 2.05) is 33.4 Å². The van der Waals surface area contributed by atoms with Crippen LogP contribution in [0.4, 0.5) is 35.1 Å². The molecule has 5 aromatic heterocycles. The summed E-state index contributed by atoms with van der Waals surface area (Å²) in [6, 6.07) is 21.8. The smallest absolute Gasteiger partial charge is 0.305 e. The van der Waals surface area contributed by atoms with Gasteiger partial charge in [0.05, 0.1) is 0 Å². The first-order valence-corrected chi connectivity index (χ1v) is 16.8. The van der Waals surface area contributed by atoms with Crippen LogP contribution in [0.1, 0.15) is 22.5 Å². The average molecular weight is 945 g/mol. The molecule has 53 heavy (non-hydrogen) atoms. The van der Waals surface area contributed by atoms with Crippen LogP contribution in [0.25, 0.3) is 43.7 Å². The Hall–Kier alpha value is -4.76. The van der Waals surface area contributed by atoms with Crippen LogP contribution in [-0.4, -0.2) is 23.8 Å². The second kappa shape index (κ2) is 16.1. The fourth-order valence-corrected chi connectivity index (χ4v) is 6.48. The molecule has 0 aliphatic rings. The van der Waals surface area contributed by atoms with Crippen molar-refractivity contribution in [3.05, 3.63) is 148 Å². The Morgan fingerprint density at radius 2 is 1.17 bits per heavy atom. The molecule has 0 atom stereocenters. The monoisotopic (exact) mass is 945 g/mol. The molecule has 0 amide bonds. The van der Waals surface area contributed by atoms with Crippen molar-refractivity contribution in [1.29, 1.82) is 0 Å². The van der Waals surface area contributed by atoms with Gasteiger partial charge in [-0.3, -0.25) is 18.7 Å². The molecular formula is C37H22F8IrN5S2. The maximum Gasteiger partial charge on any atom is 3.00 e. The summed E-state index contributed by atoms with van der Waals surface area (Å²) in [5.41, 5.74) is 2.98. The van der Waals surface area contributed by atoms with Crippen LogP contribution in [0, 0.1) is 43.7 Å². The number of pyridine rings is 1. The molecule has 272 valence electrons. The zero-order valence-corrected chi connectivity index (χ0v) is 31.2. The predicted octanol–water partition coefficient (Wildman–Crippen LogP) is 11.2. The van der Waals surface area contributed by atoms with E-state index in [0.29, 0.717) is 28.2 Å². The first kappa shape index (κ1) is 39.4. The molecule has 5 nitrogen and oxygen atoms in total. The minimum atomic E-state index is -4.35. The Labute approximate surface area is 318 Å². The summed E-state index contributed by atoms with van der Waals surface area (Å²) in [5.74, 6) is -1.29. The quantitative estimate of drug-likeness (QED) is 0.131. The van der Waals surface area contributed by atoms with E-state index in [1.54, 1.807) is 36.8 Å². The van der Waals surface area contributed by atoms with Crippen molar-refractivity contribution in [1.82, 2.24) is 23.8 Å². The summed E-state index contributed by atoms with van der Waals surface area (Å²) < 4.78 is 105. The van der Waals surface area contributed by atoms with Crippen molar-refractivity contribution in [3.63, 3.8) is 0 Å². The third-order valence-corrected chi connectivity index (χ3v) is 9.28. The summed E-state index contributed by atoms with van der Waals surface area (Å²) in [6.45, 7) is 3.84. The van der Waals surface area contributed by atoms with E-state index < -0.39 is 35.1 Å². The molecule has 8 aromatic rings. The number of aromatic nitrogens is 5. The van der Waals surface area contributed by atoms with Gasteiger partial charge in [-0.2, -0.15) is 26.3 Å². The van der Waals surface area contributed by atoms with Crippen LogP contribution in [0.15, 0.2) is 96.1 Å². The van der Waals surface area contributed by atoms with Crippen molar-refractivity contribution < 1.29 is 55.2 Å². The first-order chi connectivity index (χ1) is 24.7. The second-order valence-corrected chi connectivity index (χ2v) is 12.7. The number of halogens is 8. The number of hydrogen-bond donors (Lipinski definition) is 0. The number of hydrogen-bond acceptors (Lipinski definition) is 5. The van der Waals surface area contributed by atoms with Crippen LogP contribution in [0.5, 0.6) is 0 Å². The molecular weight excluding hydrogens is 923 g/mol. The van der Waals surface area contributed by atoms with E-state index in [9.17, 15) is 35.1 Å². The zero-order chi connectivity index (χ0) is 37.2. The predicted molar refractivity (Wildman–Crippen MR) is 183 cm³/mol. The molecule has 0 aliphatic carbocycles. The van der Waals surface area contributed by atoms with Gasteiger partial charge in [0.2, 0.25) is 0 Å². The van der Waals surface area contributed by atoms with Gasteiger partial charge in [-0.15, -0.1) is 94.5 Å². The summed E-state index contributed by atoms with van der Waals surface area (Å²) in [6.07, 6.45) is -3.69. The maximum absolute atomic E-state index is 13.2. The second-order valence-electron chi connectivity index (χ2n) is 11.0. The molecule has 0 N–H and O–H groups in total. The van der Waals surface area contributed by atoms with E-state index in [4.69, 9.17) is 0 Å². The van der Waals surface area contributed by atoms with Crippen LogP contribution in [0.2, 0.25) is 0 Å². The average Bonchev–Trinajstić information content (AvgIpc) is 3.89. The molecule has 0 saturated carbocycles. The Balaban J connectivity index is 0.000000154. The number of aryl methyl sites for hydroxylation is 2. The molecule has 0 fully saturated rings. The number of alkyl halides is 6.